The smallest absolute Gasteiger partial charge is 0.338 e. The maximum atomic E-state index is 13.8. The summed E-state index contributed by atoms with van der Waals surface area (Å²) in [5, 5.41) is 3.07. The quantitative estimate of drug-likeness (QED) is 0.807. The normalized spacial score (nSPS) is 17.4. The maximum absolute atomic E-state index is 13.8. The third-order valence-corrected chi connectivity index (χ3v) is 4.78. The summed E-state index contributed by atoms with van der Waals surface area (Å²) in [7, 11) is 1.84. The van der Waals surface area contributed by atoms with Crippen LogP contribution in [0.4, 0.5) is 17.6 Å². The first-order valence-electron chi connectivity index (χ1n) is 8.70. The number of alkyl halides is 3. The summed E-state index contributed by atoms with van der Waals surface area (Å²) < 4.78 is 52.9. The molecule has 1 atom stereocenters. The van der Waals surface area contributed by atoms with Crippen molar-refractivity contribution in [2.24, 2.45) is 5.92 Å². The lowest BCUT2D eigenvalue weighted by molar-refractivity contribution is -0.137. The van der Waals surface area contributed by atoms with E-state index in [0.717, 1.165) is 37.2 Å². The van der Waals surface area contributed by atoms with E-state index in [9.17, 15) is 22.4 Å². The molecule has 1 unspecified atom stereocenters. The van der Waals surface area contributed by atoms with Gasteiger partial charge in [-0.15, -0.1) is 0 Å². The molecule has 3 nitrogen and oxygen atoms in total. The predicted octanol–water partition coefficient (Wildman–Crippen LogP) is 4.19. The lowest BCUT2D eigenvalue weighted by Gasteiger charge is -2.19. The number of nitrogens with zero attached hydrogens (tertiary/aromatic N) is 1. The molecule has 1 fully saturated rings. The zero-order valence-electron chi connectivity index (χ0n) is 14.8. The van der Waals surface area contributed by atoms with Crippen LogP contribution in [0.1, 0.15) is 22.3 Å². The maximum Gasteiger partial charge on any atom is 0.416 e. The molecule has 7 heteroatoms. The second kappa shape index (κ2) is 7.68. The van der Waals surface area contributed by atoms with Crippen LogP contribution in [0.2, 0.25) is 0 Å². The number of nitrogens with one attached hydrogen (secondary N) is 1. The number of likely N-dealkylation sites (tertiary alicyclic amines) is 1. The number of hydrogen-bond acceptors (Lipinski definition) is 2. The fourth-order valence-electron chi connectivity index (χ4n) is 3.45. The molecule has 0 spiro atoms. The highest BCUT2D eigenvalue weighted by molar-refractivity contribution is 6.01. The van der Waals surface area contributed by atoms with Gasteiger partial charge in [0.05, 0.1) is 11.1 Å². The van der Waals surface area contributed by atoms with Gasteiger partial charge in [-0.3, -0.25) is 4.79 Å². The molecule has 27 heavy (non-hydrogen) atoms. The molecule has 0 saturated carbocycles. The van der Waals surface area contributed by atoms with E-state index in [2.05, 4.69) is 5.32 Å². The Morgan fingerprint density at radius 3 is 2.70 bits per heavy atom. The summed E-state index contributed by atoms with van der Waals surface area (Å²) in [6.07, 6.45) is -3.66. The summed E-state index contributed by atoms with van der Waals surface area (Å²) in [6.45, 7) is 1.86. The average Bonchev–Trinajstić information content (AvgIpc) is 3.09. The van der Waals surface area contributed by atoms with Gasteiger partial charge in [0, 0.05) is 13.1 Å². The fraction of sp³-hybridized carbons (Fsp3) is 0.350. The van der Waals surface area contributed by atoms with E-state index in [1.54, 1.807) is 4.90 Å². The van der Waals surface area contributed by atoms with Crippen LogP contribution < -0.4 is 5.32 Å². The molecule has 1 aliphatic rings. The molecule has 2 aromatic carbocycles. The van der Waals surface area contributed by atoms with Crippen LogP contribution in [-0.4, -0.2) is 37.5 Å². The first-order valence-corrected chi connectivity index (χ1v) is 8.70. The monoisotopic (exact) mass is 380 g/mol. The fourth-order valence-corrected chi connectivity index (χ4v) is 3.45. The van der Waals surface area contributed by atoms with Crippen molar-refractivity contribution in [3.8, 4) is 11.1 Å². The zero-order chi connectivity index (χ0) is 19.6. The van der Waals surface area contributed by atoms with Crippen molar-refractivity contribution in [3.05, 3.63) is 59.4 Å². The van der Waals surface area contributed by atoms with Crippen LogP contribution in [0.3, 0.4) is 0 Å². The Labute approximate surface area is 155 Å². The van der Waals surface area contributed by atoms with Crippen LogP contribution >= 0.6 is 0 Å². The van der Waals surface area contributed by atoms with E-state index in [1.807, 2.05) is 7.05 Å². The van der Waals surface area contributed by atoms with E-state index in [1.165, 1.54) is 18.2 Å². The van der Waals surface area contributed by atoms with Gasteiger partial charge in [0.25, 0.3) is 5.91 Å². The highest BCUT2D eigenvalue weighted by atomic mass is 19.4. The molecule has 144 valence electrons. The Balaban J connectivity index is 1.96. The summed E-state index contributed by atoms with van der Waals surface area (Å²) in [4.78, 5) is 14.6. The predicted molar refractivity (Wildman–Crippen MR) is 94.8 cm³/mol. The Hall–Kier alpha value is -2.41. The summed E-state index contributed by atoms with van der Waals surface area (Å²) >= 11 is 0. The second-order valence-corrected chi connectivity index (χ2v) is 6.73. The molecule has 0 radical (unpaired) electrons. The average molecular weight is 380 g/mol. The van der Waals surface area contributed by atoms with Crippen molar-refractivity contribution in [1.82, 2.24) is 10.2 Å². The first-order chi connectivity index (χ1) is 12.8. The van der Waals surface area contributed by atoms with Gasteiger partial charge in [-0.1, -0.05) is 18.2 Å². The third kappa shape index (κ3) is 4.30. The SMILES string of the molecule is CNCC1CCN(C(=O)c2cc(F)ccc2-c2cccc(C(F)(F)F)c2)C1. The van der Waals surface area contributed by atoms with Gasteiger partial charge in [0.2, 0.25) is 0 Å². The number of carbonyl (C=O) groups excluding carboxylic acids is 1. The number of halogens is 4. The van der Waals surface area contributed by atoms with Crippen LogP contribution in [0, 0.1) is 11.7 Å². The molecule has 1 amide bonds. The molecule has 1 N–H and O–H groups in total. The Morgan fingerprint density at radius 1 is 1.22 bits per heavy atom. The number of rotatable bonds is 4. The van der Waals surface area contributed by atoms with Crippen molar-refractivity contribution in [1.29, 1.82) is 0 Å². The van der Waals surface area contributed by atoms with Crippen molar-refractivity contribution in [3.63, 3.8) is 0 Å². The van der Waals surface area contributed by atoms with E-state index in [0.29, 0.717) is 24.6 Å². The molecule has 3 rings (SSSR count). The minimum atomic E-state index is -4.49. The second-order valence-electron chi connectivity index (χ2n) is 6.73. The Morgan fingerprint density at radius 2 is 2.00 bits per heavy atom. The molecule has 1 saturated heterocycles. The molecular formula is C20H20F4N2O. The molecule has 2 aromatic rings. The molecule has 0 bridgehead atoms. The van der Waals surface area contributed by atoms with Crippen molar-refractivity contribution in [2.45, 2.75) is 12.6 Å². The molecule has 0 aliphatic carbocycles. The van der Waals surface area contributed by atoms with E-state index in [4.69, 9.17) is 0 Å². The summed E-state index contributed by atoms with van der Waals surface area (Å²) in [5.74, 6) is -0.648. The minimum absolute atomic E-state index is 0.0828. The van der Waals surface area contributed by atoms with E-state index < -0.39 is 17.6 Å². The summed E-state index contributed by atoms with van der Waals surface area (Å²) in [5.41, 5.74) is -0.193. The minimum Gasteiger partial charge on any atom is -0.338 e. The number of hydrogen-bond donors (Lipinski definition) is 1. The van der Waals surface area contributed by atoms with Crippen molar-refractivity contribution >= 4 is 5.91 Å². The standard InChI is InChI=1S/C20H20F4N2O/c1-25-11-13-7-8-26(12-13)19(27)18-10-16(21)5-6-17(18)14-3-2-4-15(9-14)20(22,23)24/h2-6,9-10,13,25H,7-8,11-12H2,1H3. The summed E-state index contributed by atoms with van der Waals surface area (Å²) in [6, 6.07) is 8.35. The highest BCUT2D eigenvalue weighted by Crippen LogP contribution is 2.34. The van der Waals surface area contributed by atoms with Gasteiger partial charge in [-0.25, -0.2) is 4.39 Å². The van der Waals surface area contributed by atoms with E-state index in [-0.39, 0.29) is 17.0 Å². The van der Waals surface area contributed by atoms with E-state index >= 15 is 0 Å². The number of benzene rings is 2. The first kappa shape index (κ1) is 19.4. The number of amides is 1. The van der Waals surface area contributed by atoms with Gasteiger partial charge in [0.1, 0.15) is 5.82 Å². The zero-order valence-corrected chi connectivity index (χ0v) is 14.8. The van der Waals surface area contributed by atoms with Gasteiger partial charge in [-0.2, -0.15) is 13.2 Å². The van der Waals surface area contributed by atoms with Crippen LogP contribution in [0.25, 0.3) is 11.1 Å². The Bertz CT molecular complexity index is 835. The third-order valence-electron chi connectivity index (χ3n) is 4.78. The largest absolute Gasteiger partial charge is 0.416 e. The molecule has 1 aliphatic heterocycles. The van der Waals surface area contributed by atoms with Crippen LogP contribution in [0.15, 0.2) is 42.5 Å². The van der Waals surface area contributed by atoms with Gasteiger partial charge in [0.15, 0.2) is 0 Å². The van der Waals surface area contributed by atoms with Gasteiger partial charge < -0.3 is 10.2 Å². The topological polar surface area (TPSA) is 32.3 Å². The van der Waals surface area contributed by atoms with Gasteiger partial charge in [-0.05, 0) is 61.3 Å². The number of carbonyl (C=O) groups is 1. The van der Waals surface area contributed by atoms with Crippen LogP contribution in [-0.2, 0) is 6.18 Å². The van der Waals surface area contributed by atoms with Crippen LogP contribution in [0.5, 0.6) is 0 Å². The Kier molecular flexibility index (Phi) is 5.51. The van der Waals surface area contributed by atoms with Gasteiger partial charge >= 0.3 is 6.18 Å². The highest BCUT2D eigenvalue weighted by Gasteiger charge is 2.31. The lowest BCUT2D eigenvalue weighted by atomic mass is 9.97. The molecule has 0 aromatic heterocycles. The van der Waals surface area contributed by atoms with Crippen molar-refractivity contribution in [2.75, 3.05) is 26.7 Å². The molecule has 1 heterocycles. The lowest BCUT2D eigenvalue weighted by Crippen LogP contribution is -2.30. The molecular weight excluding hydrogens is 360 g/mol. The van der Waals surface area contributed by atoms with Crippen molar-refractivity contribution < 1.29 is 22.4 Å².